The molecule has 3 aliphatic rings. The van der Waals surface area contributed by atoms with Crippen molar-refractivity contribution >= 4 is 23.1 Å². The largest absolute Gasteiger partial charge is 0.392 e. The second-order valence-electron chi connectivity index (χ2n) is 6.54. The predicted molar refractivity (Wildman–Crippen MR) is 74.9 cm³/mol. The maximum absolute atomic E-state index is 12.4. The zero-order chi connectivity index (χ0) is 13.1. The minimum atomic E-state index is -0.675. The summed E-state index contributed by atoms with van der Waals surface area (Å²) in [5.74, 6) is 3.32. The standard InChI is InChI=1S/C14H22N2OS/c1-3-14(2,12(15)18)13(17)16-11-9-7-4-5-8(6-7)10(9)11/h7-11H,3-6H2,1-2H3,(H2,15,18)(H,16,17). The second kappa shape index (κ2) is 3.92. The summed E-state index contributed by atoms with van der Waals surface area (Å²) in [7, 11) is 0. The summed E-state index contributed by atoms with van der Waals surface area (Å²) in [5.41, 5.74) is 5.06. The van der Waals surface area contributed by atoms with E-state index in [1.807, 2.05) is 13.8 Å². The zero-order valence-electron chi connectivity index (χ0n) is 11.1. The Bertz CT molecular complexity index is 395. The molecule has 3 aliphatic carbocycles. The summed E-state index contributed by atoms with van der Waals surface area (Å²) in [5, 5.41) is 3.22. The van der Waals surface area contributed by atoms with E-state index in [-0.39, 0.29) is 5.91 Å². The first-order valence-electron chi connectivity index (χ1n) is 7.10. The molecular formula is C14H22N2OS. The van der Waals surface area contributed by atoms with Gasteiger partial charge in [-0.3, -0.25) is 4.79 Å². The third kappa shape index (κ3) is 1.54. The molecule has 0 radical (unpaired) electrons. The van der Waals surface area contributed by atoms with E-state index >= 15 is 0 Å². The Hall–Kier alpha value is -0.640. The van der Waals surface area contributed by atoms with Gasteiger partial charge in [-0.1, -0.05) is 19.1 Å². The molecule has 5 unspecified atom stereocenters. The van der Waals surface area contributed by atoms with Crippen LogP contribution in [0.1, 0.15) is 39.5 Å². The lowest BCUT2D eigenvalue weighted by Gasteiger charge is -2.26. The highest BCUT2D eigenvalue weighted by Gasteiger charge is 2.65. The Morgan fingerprint density at radius 3 is 2.39 bits per heavy atom. The zero-order valence-corrected chi connectivity index (χ0v) is 11.9. The quantitative estimate of drug-likeness (QED) is 0.764. The average molecular weight is 266 g/mol. The van der Waals surface area contributed by atoms with Gasteiger partial charge in [0.15, 0.2) is 0 Å². The predicted octanol–water partition coefficient (Wildman–Crippen LogP) is 1.85. The Kier molecular flexibility index (Phi) is 2.70. The number of thiocarbonyl (C=S) groups is 1. The normalized spacial score (nSPS) is 43.1. The van der Waals surface area contributed by atoms with Gasteiger partial charge in [0.2, 0.25) is 5.91 Å². The minimum absolute atomic E-state index is 0.0382. The Morgan fingerprint density at radius 1 is 1.39 bits per heavy atom. The van der Waals surface area contributed by atoms with Crippen molar-refractivity contribution in [3.05, 3.63) is 0 Å². The van der Waals surface area contributed by atoms with Crippen molar-refractivity contribution in [3.8, 4) is 0 Å². The molecule has 3 saturated carbocycles. The van der Waals surface area contributed by atoms with Crippen LogP contribution in [-0.4, -0.2) is 16.9 Å². The molecule has 0 aromatic heterocycles. The minimum Gasteiger partial charge on any atom is -0.392 e. The highest BCUT2D eigenvalue weighted by atomic mass is 32.1. The van der Waals surface area contributed by atoms with Crippen LogP contribution in [0.5, 0.6) is 0 Å². The molecule has 0 spiro atoms. The van der Waals surface area contributed by atoms with E-state index < -0.39 is 5.41 Å². The van der Waals surface area contributed by atoms with Crippen LogP contribution in [0.25, 0.3) is 0 Å². The van der Waals surface area contributed by atoms with Gasteiger partial charge in [0.1, 0.15) is 0 Å². The number of amides is 1. The molecule has 0 heterocycles. The SMILES string of the molecule is CCC(C)(C(=O)NC1C2C3CCC(C3)C12)C(N)=S. The van der Waals surface area contributed by atoms with Crippen molar-refractivity contribution in [1.82, 2.24) is 5.32 Å². The summed E-state index contributed by atoms with van der Waals surface area (Å²) >= 11 is 5.06. The molecule has 3 nitrogen and oxygen atoms in total. The first kappa shape index (κ1) is 12.4. The molecular weight excluding hydrogens is 244 g/mol. The van der Waals surface area contributed by atoms with Crippen LogP contribution < -0.4 is 11.1 Å². The van der Waals surface area contributed by atoms with Gasteiger partial charge in [-0.2, -0.15) is 0 Å². The maximum atomic E-state index is 12.4. The van der Waals surface area contributed by atoms with Crippen LogP contribution in [0.3, 0.4) is 0 Å². The fourth-order valence-corrected chi connectivity index (χ4v) is 4.51. The molecule has 0 aromatic rings. The molecule has 3 fully saturated rings. The van der Waals surface area contributed by atoms with E-state index in [4.69, 9.17) is 18.0 Å². The Morgan fingerprint density at radius 2 is 1.94 bits per heavy atom. The number of rotatable bonds is 4. The van der Waals surface area contributed by atoms with Gasteiger partial charge in [0.25, 0.3) is 0 Å². The number of carbonyl (C=O) groups is 1. The number of fused-ring (bicyclic) bond motifs is 5. The van der Waals surface area contributed by atoms with E-state index in [9.17, 15) is 4.79 Å². The number of hydrogen-bond donors (Lipinski definition) is 2. The number of hydrogen-bond acceptors (Lipinski definition) is 2. The van der Waals surface area contributed by atoms with E-state index in [1.54, 1.807) is 0 Å². The second-order valence-corrected chi connectivity index (χ2v) is 6.98. The topological polar surface area (TPSA) is 55.1 Å². The first-order valence-corrected chi connectivity index (χ1v) is 7.50. The lowest BCUT2D eigenvalue weighted by atomic mass is 9.86. The number of carbonyl (C=O) groups excluding carboxylic acids is 1. The maximum Gasteiger partial charge on any atom is 0.232 e. The van der Waals surface area contributed by atoms with Gasteiger partial charge in [0, 0.05) is 6.04 Å². The van der Waals surface area contributed by atoms with Crippen molar-refractivity contribution < 1.29 is 4.79 Å². The highest BCUT2D eigenvalue weighted by Crippen LogP contribution is 2.65. The smallest absolute Gasteiger partial charge is 0.232 e. The van der Waals surface area contributed by atoms with Crippen molar-refractivity contribution in [2.24, 2.45) is 34.8 Å². The molecule has 0 aromatic carbocycles. The average Bonchev–Trinajstić information content (AvgIpc) is 2.75. The lowest BCUT2D eigenvalue weighted by molar-refractivity contribution is -0.127. The van der Waals surface area contributed by atoms with Crippen LogP contribution in [0.4, 0.5) is 0 Å². The number of nitrogens with two attached hydrogens (primary N) is 1. The van der Waals surface area contributed by atoms with Crippen molar-refractivity contribution in [3.63, 3.8) is 0 Å². The molecule has 3 rings (SSSR count). The molecule has 0 saturated heterocycles. The van der Waals surface area contributed by atoms with Crippen LogP contribution in [-0.2, 0) is 4.79 Å². The first-order chi connectivity index (χ1) is 8.49. The molecule has 2 bridgehead atoms. The molecule has 4 heteroatoms. The van der Waals surface area contributed by atoms with E-state index in [0.717, 1.165) is 23.7 Å². The number of nitrogens with one attached hydrogen (secondary N) is 1. The molecule has 18 heavy (non-hydrogen) atoms. The van der Waals surface area contributed by atoms with Gasteiger partial charge >= 0.3 is 0 Å². The van der Waals surface area contributed by atoms with Crippen molar-refractivity contribution in [2.45, 2.75) is 45.6 Å². The van der Waals surface area contributed by atoms with Gasteiger partial charge < -0.3 is 11.1 Å². The Balaban J connectivity index is 1.65. The monoisotopic (exact) mass is 266 g/mol. The molecule has 0 aliphatic heterocycles. The molecule has 100 valence electrons. The van der Waals surface area contributed by atoms with Gasteiger partial charge in [-0.05, 0) is 56.3 Å². The van der Waals surface area contributed by atoms with E-state index in [1.165, 1.54) is 19.3 Å². The summed E-state index contributed by atoms with van der Waals surface area (Å²) in [6, 6.07) is 0.420. The molecule has 1 amide bonds. The van der Waals surface area contributed by atoms with Crippen molar-refractivity contribution in [2.75, 3.05) is 0 Å². The van der Waals surface area contributed by atoms with Gasteiger partial charge in [-0.25, -0.2) is 0 Å². The summed E-state index contributed by atoms with van der Waals surface area (Å²) < 4.78 is 0. The molecule has 3 N–H and O–H groups in total. The summed E-state index contributed by atoms with van der Waals surface area (Å²) in [6.45, 7) is 3.83. The fraction of sp³-hybridized carbons (Fsp3) is 0.857. The van der Waals surface area contributed by atoms with E-state index in [2.05, 4.69) is 5.32 Å². The van der Waals surface area contributed by atoms with Crippen LogP contribution in [0, 0.1) is 29.1 Å². The third-order valence-corrected chi connectivity index (χ3v) is 6.24. The van der Waals surface area contributed by atoms with E-state index in [0.29, 0.717) is 17.5 Å². The summed E-state index contributed by atoms with van der Waals surface area (Å²) in [4.78, 5) is 12.7. The van der Waals surface area contributed by atoms with Crippen LogP contribution >= 0.6 is 12.2 Å². The Labute approximate surface area is 114 Å². The fourth-order valence-electron chi connectivity index (χ4n) is 4.28. The third-order valence-electron chi connectivity index (χ3n) is 5.79. The van der Waals surface area contributed by atoms with Crippen LogP contribution in [0.2, 0.25) is 0 Å². The molecule has 5 atom stereocenters. The van der Waals surface area contributed by atoms with Crippen LogP contribution in [0.15, 0.2) is 0 Å². The van der Waals surface area contributed by atoms with Gasteiger partial charge in [-0.15, -0.1) is 0 Å². The van der Waals surface area contributed by atoms with Gasteiger partial charge in [0.05, 0.1) is 10.4 Å². The highest BCUT2D eigenvalue weighted by molar-refractivity contribution is 7.80. The lowest BCUT2D eigenvalue weighted by Crippen LogP contribution is -2.48. The van der Waals surface area contributed by atoms with Crippen molar-refractivity contribution in [1.29, 1.82) is 0 Å². The summed E-state index contributed by atoms with van der Waals surface area (Å²) in [6.07, 6.45) is 4.82.